The maximum Gasteiger partial charge on any atom is 0.406 e. The van der Waals surface area contributed by atoms with Crippen molar-refractivity contribution < 1.29 is 22.8 Å². The number of alkyl halides is 3. The number of halogens is 3. The quantitative estimate of drug-likeness (QED) is 0.540. The summed E-state index contributed by atoms with van der Waals surface area (Å²) in [5, 5.41) is 2.70. The van der Waals surface area contributed by atoms with E-state index in [9.17, 15) is 27.6 Å². The molecule has 0 radical (unpaired) electrons. The van der Waals surface area contributed by atoms with Crippen LogP contribution in [-0.4, -0.2) is 74.7 Å². The lowest BCUT2D eigenvalue weighted by molar-refractivity contribution is -0.162. The fourth-order valence-electron chi connectivity index (χ4n) is 5.54. The molecule has 2 fully saturated rings. The molecular formula is C26H29F3N6O3. The number of imidazole rings is 1. The van der Waals surface area contributed by atoms with Crippen LogP contribution in [0, 0.1) is 0 Å². The lowest BCUT2D eigenvalue weighted by atomic mass is 9.93. The first-order valence-corrected chi connectivity index (χ1v) is 12.7. The van der Waals surface area contributed by atoms with E-state index >= 15 is 0 Å². The third-order valence-electron chi connectivity index (χ3n) is 7.40. The SMILES string of the molecule is O=C(NC1CCC(c2ccccc2)CN(CC(F)(F)F)C1=O)N1CCC(n2c(=O)[nH]c3ncccc32)CC1. The lowest BCUT2D eigenvalue weighted by Gasteiger charge is -2.34. The van der Waals surface area contributed by atoms with Crippen LogP contribution in [0.5, 0.6) is 0 Å². The fourth-order valence-corrected chi connectivity index (χ4v) is 5.54. The predicted octanol–water partition coefficient (Wildman–Crippen LogP) is 3.41. The molecule has 2 atom stereocenters. The van der Waals surface area contributed by atoms with Crippen molar-refractivity contribution in [1.82, 2.24) is 29.7 Å². The number of pyridine rings is 1. The minimum atomic E-state index is -4.55. The molecule has 2 aliphatic rings. The average molecular weight is 531 g/mol. The number of hydrogen-bond donors (Lipinski definition) is 2. The Kier molecular flexibility index (Phi) is 7.13. The molecule has 202 valence electrons. The number of carbonyl (C=O) groups is 2. The van der Waals surface area contributed by atoms with Gasteiger partial charge in [-0.15, -0.1) is 0 Å². The second kappa shape index (κ2) is 10.5. The molecule has 38 heavy (non-hydrogen) atoms. The van der Waals surface area contributed by atoms with E-state index in [0.29, 0.717) is 43.5 Å². The number of rotatable bonds is 4. The summed E-state index contributed by atoms with van der Waals surface area (Å²) in [6.45, 7) is -0.735. The first kappa shape index (κ1) is 25.8. The number of nitrogens with one attached hydrogen (secondary N) is 2. The van der Waals surface area contributed by atoms with E-state index in [-0.39, 0.29) is 30.6 Å². The van der Waals surface area contributed by atoms with Gasteiger partial charge in [0.2, 0.25) is 5.91 Å². The molecule has 9 nitrogen and oxygen atoms in total. The highest BCUT2D eigenvalue weighted by Crippen LogP contribution is 2.30. The standard InChI is InChI=1S/C26H29F3N6O3/c27-26(28,29)16-34-15-18(17-5-2-1-3-6-17)8-9-20(23(34)36)31-24(37)33-13-10-19(11-14-33)35-21-7-4-12-30-22(21)32-25(35)38/h1-7,12,18-20H,8-11,13-16H2,(H,31,37)(H,30,32,38). The summed E-state index contributed by atoms with van der Waals surface area (Å²) in [4.78, 5) is 48.0. The van der Waals surface area contributed by atoms with Crippen LogP contribution in [0.25, 0.3) is 11.2 Å². The number of amides is 3. The summed E-state index contributed by atoms with van der Waals surface area (Å²) < 4.78 is 41.6. The van der Waals surface area contributed by atoms with Crippen LogP contribution >= 0.6 is 0 Å². The van der Waals surface area contributed by atoms with Gasteiger partial charge < -0.3 is 15.1 Å². The molecule has 0 aliphatic carbocycles. The van der Waals surface area contributed by atoms with Gasteiger partial charge in [0.1, 0.15) is 12.6 Å². The molecule has 2 unspecified atom stereocenters. The molecule has 2 aromatic heterocycles. The Balaban J connectivity index is 1.25. The van der Waals surface area contributed by atoms with Gasteiger partial charge >= 0.3 is 17.9 Å². The molecule has 2 N–H and O–H groups in total. The van der Waals surface area contributed by atoms with Crippen LogP contribution in [-0.2, 0) is 4.79 Å². The topological polar surface area (TPSA) is 103 Å². The van der Waals surface area contributed by atoms with Gasteiger partial charge in [-0.05, 0) is 43.4 Å². The number of benzene rings is 1. The number of H-pyrrole nitrogens is 1. The minimum absolute atomic E-state index is 0.0612. The zero-order valence-corrected chi connectivity index (χ0v) is 20.7. The lowest BCUT2D eigenvalue weighted by Crippen LogP contribution is -2.54. The molecule has 0 spiro atoms. The number of aromatic nitrogens is 3. The molecule has 3 aromatic rings. The van der Waals surface area contributed by atoms with Crippen molar-refractivity contribution in [1.29, 1.82) is 0 Å². The predicted molar refractivity (Wildman–Crippen MR) is 134 cm³/mol. The molecule has 3 amide bonds. The van der Waals surface area contributed by atoms with E-state index < -0.39 is 30.7 Å². The Labute approximate surface area is 216 Å². The van der Waals surface area contributed by atoms with E-state index in [0.717, 1.165) is 10.5 Å². The number of piperidine rings is 1. The summed E-state index contributed by atoms with van der Waals surface area (Å²) >= 11 is 0. The molecule has 4 heterocycles. The van der Waals surface area contributed by atoms with Crippen molar-refractivity contribution in [3.63, 3.8) is 0 Å². The van der Waals surface area contributed by atoms with Crippen LogP contribution in [0.1, 0.15) is 43.2 Å². The number of aromatic amines is 1. The zero-order valence-electron chi connectivity index (χ0n) is 20.7. The van der Waals surface area contributed by atoms with Gasteiger partial charge in [-0.3, -0.25) is 14.3 Å². The van der Waals surface area contributed by atoms with Crippen molar-refractivity contribution in [3.05, 3.63) is 64.7 Å². The molecule has 1 aromatic carbocycles. The van der Waals surface area contributed by atoms with Gasteiger partial charge in [-0.1, -0.05) is 30.3 Å². The number of nitrogens with zero attached hydrogens (tertiary/aromatic N) is 4. The van der Waals surface area contributed by atoms with Gasteiger partial charge in [-0.2, -0.15) is 13.2 Å². The maximum atomic E-state index is 13.3. The van der Waals surface area contributed by atoms with Crippen LogP contribution < -0.4 is 11.0 Å². The van der Waals surface area contributed by atoms with Crippen LogP contribution in [0.15, 0.2) is 53.5 Å². The second-order valence-corrected chi connectivity index (χ2v) is 9.91. The van der Waals surface area contributed by atoms with Crippen LogP contribution in [0.2, 0.25) is 0 Å². The number of likely N-dealkylation sites (tertiary alicyclic amines) is 2. The Hall–Kier alpha value is -3.83. The smallest absolute Gasteiger partial charge is 0.331 e. The summed E-state index contributed by atoms with van der Waals surface area (Å²) in [5.41, 5.74) is 1.80. The first-order valence-electron chi connectivity index (χ1n) is 12.7. The largest absolute Gasteiger partial charge is 0.406 e. The molecule has 5 rings (SSSR count). The Morgan fingerprint density at radius 2 is 1.76 bits per heavy atom. The van der Waals surface area contributed by atoms with Crippen LogP contribution in [0.3, 0.4) is 0 Å². The summed E-state index contributed by atoms with van der Waals surface area (Å²) in [6.07, 6.45) is -1.20. The molecular weight excluding hydrogens is 501 g/mol. The molecule has 12 heteroatoms. The van der Waals surface area contributed by atoms with E-state index in [2.05, 4.69) is 15.3 Å². The second-order valence-electron chi connectivity index (χ2n) is 9.91. The Morgan fingerprint density at radius 3 is 2.47 bits per heavy atom. The van der Waals surface area contributed by atoms with E-state index in [4.69, 9.17) is 0 Å². The summed E-state index contributed by atoms with van der Waals surface area (Å²) in [6, 6.07) is 11.1. The average Bonchev–Trinajstić information content (AvgIpc) is 3.16. The number of fused-ring (bicyclic) bond motifs is 1. The van der Waals surface area contributed by atoms with Gasteiger partial charge in [0, 0.05) is 37.8 Å². The maximum absolute atomic E-state index is 13.3. The normalized spacial score (nSPS) is 21.5. The molecule has 0 bridgehead atoms. The highest BCUT2D eigenvalue weighted by molar-refractivity contribution is 5.87. The van der Waals surface area contributed by atoms with Crippen LogP contribution in [0.4, 0.5) is 18.0 Å². The molecule has 2 saturated heterocycles. The van der Waals surface area contributed by atoms with E-state index in [1.165, 1.54) is 0 Å². The van der Waals surface area contributed by atoms with E-state index in [1.807, 2.05) is 36.4 Å². The third kappa shape index (κ3) is 5.53. The first-order chi connectivity index (χ1) is 18.2. The third-order valence-corrected chi connectivity index (χ3v) is 7.40. The molecule has 0 saturated carbocycles. The van der Waals surface area contributed by atoms with Crippen molar-refractivity contribution >= 4 is 23.1 Å². The Bertz CT molecular complexity index is 1350. The van der Waals surface area contributed by atoms with Crippen molar-refractivity contribution in [2.75, 3.05) is 26.2 Å². The number of carbonyl (C=O) groups excluding carboxylic acids is 2. The van der Waals surface area contributed by atoms with Gasteiger partial charge in [0.25, 0.3) is 0 Å². The zero-order chi connectivity index (χ0) is 26.9. The van der Waals surface area contributed by atoms with E-state index in [1.54, 1.807) is 21.7 Å². The molecule has 2 aliphatic heterocycles. The number of hydrogen-bond acceptors (Lipinski definition) is 4. The van der Waals surface area contributed by atoms with Crippen molar-refractivity contribution in [3.8, 4) is 0 Å². The summed E-state index contributed by atoms with van der Waals surface area (Å²) in [7, 11) is 0. The minimum Gasteiger partial charge on any atom is -0.331 e. The summed E-state index contributed by atoms with van der Waals surface area (Å²) in [5.74, 6) is -0.981. The van der Waals surface area contributed by atoms with Gasteiger partial charge in [0.15, 0.2) is 5.65 Å². The van der Waals surface area contributed by atoms with Gasteiger partial charge in [-0.25, -0.2) is 14.6 Å². The monoisotopic (exact) mass is 530 g/mol. The highest BCUT2D eigenvalue weighted by atomic mass is 19.4. The van der Waals surface area contributed by atoms with Crippen molar-refractivity contribution in [2.45, 2.75) is 49.9 Å². The Morgan fingerprint density at radius 1 is 1.03 bits per heavy atom. The number of urea groups is 1. The highest BCUT2D eigenvalue weighted by Gasteiger charge is 2.40. The van der Waals surface area contributed by atoms with Crippen molar-refractivity contribution in [2.24, 2.45) is 0 Å². The fraction of sp³-hybridized carbons (Fsp3) is 0.462. The van der Waals surface area contributed by atoms with Gasteiger partial charge in [0.05, 0.1) is 5.52 Å².